The van der Waals surface area contributed by atoms with Gasteiger partial charge in [-0.3, -0.25) is 9.59 Å². The van der Waals surface area contributed by atoms with Gasteiger partial charge in [-0.2, -0.15) is 0 Å². The SMILES string of the molecule is COc1ccc(NC(=O)[C@@H]2CC(=O)N(c3ccc(F)cc3)C2)c(OC)c1. The lowest BCUT2D eigenvalue weighted by Crippen LogP contribution is -2.28. The Bertz CT molecular complexity index is 823. The zero-order valence-electron chi connectivity index (χ0n) is 14.5. The smallest absolute Gasteiger partial charge is 0.229 e. The zero-order valence-corrected chi connectivity index (χ0v) is 14.5. The first-order chi connectivity index (χ1) is 12.5. The third kappa shape index (κ3) is 3.61. The van der Waals surface area contributed by atoms with Crippen LogP contribution in [-0.4, -0.2) is 32.6 Å². The van der Waals surface area contributed by atoms with Crippen molar-refractivity contribution >= 4 is 23.2 Å². The Morgan fingerprint density at radius 3 is 2.54 bits per heavy atom. The summed E-state index contributed by atoms with van der Waals surface area (Å²) in [6.45, 7) is 0.245. The summed E-state index contributed by atoms with van der Waals surface area (Å²) in [6, 6.07) is 10.7. The summed E-state index contributed by atoms with van der Waals surface area (Å²) in [5.41, 5.74) is 1.08. The highest BCUT2D eigenvalue weighted by Gasteiger charge is 2.35. The highest BCUT2D eigenvalue weighted by atomic mass is 19.1. The molecule has 0 unspecified atom stereocenters. The van der Waals surface area contributed by atoms with Gasteiger partial charge in [0, 0.05) is 24.7 Å². The molecule has 6 nitrogen and oxygen atoms in total. The van der Waals surface area contributed by atoms with Crippen LogP contribution < -0.4 is 19.7 Å². The lowest BCUT2D eigenvalue weighted by molar-refractivity contribution is -0.122. The number of ether oxygens (including phenoxy) is 2. The number of amides is 2. The number of nitrogens with zero attached hydrogens (tertiary/aromatic N) is 1. The number of nitrogens with one attached hydrogen (secondary N) is 1. The molecule has 1 aliphatic rings. The molecule has 1 N–H and O–H groups in total. The maximum absolute atomic E-state index is 13.1. The topological polar surface area (TPSA) is 67.9 Å². The Morgan fingerprint density at radius 1 is 1.15 bits per heavy atom. The van der Waals surface area contributed by atoms with Gasteiger partial charge in [0.1, 0.15) is 17.3 Å². The average molecular weight is 358 g/mol. The number of halogens is 1. The van der Waals surface area contributed by atoms with Crippen LogP contribution in [0.3, 0.4) is 0 Å². The Hall–Kier alpha value is -3.09. The van der Waals surface area contributed by atoms with E-state index in [1.54, 1.807) is 25.3 Å². The molecule has 1 atom stereocenters. The van der Waals surface area contributed by atoms with Gasteiger partial charge in [0.2, 0.25) is 11.8 Å². The van der Waals surface area contributed by atoms with Gasteiger partial charge in [-0.25, -0.2) is 4.39 Å². The number of hydrogen-bond donors (Lipinski definition) is 1. The van der Waals surface area contributed by atoms with Crippen molar-refractivity contribution in [2.45, 2.75) is 6.42 Å². The standard InChI is InChI=1S/C19H19FN2O4/c1-25-15-7-8-16(17(10-15)26-2)21-19(24)12-9-18(23)22(11-12)14-5-3-13(20)4-6-14/h3-8,10,12H,9,11H2,1-2H3,(H,21,24)/t12-/m1/s1. The molecule has 1 heterocycles. The molecular weight excluding hydrogens is 339 g/mol. The van der Waals surface area contributed by atoms with Gasteiger partial charge in [0.15, 0.2) is 0 Å². The minimum Gasteiger partial charge on any atom is -0.497 e. The predicted molar refractivity (Wildman–Crippen MR) is 95.0 cm³/mol. The molecule has 2 aromatic rings. The van der Waals surface area contributed by atoms with Crippen LogP contribution in [0.1, 0.15) is 6.42 Å². The van der Waals surface area contributed by atoms with Gasteiger partial charge in [-0.1, -0.05) is 0 Å². The molecule has 136 valence electrons. The van der Waals surface area contributed by atoms with E-state index in [1.165, 1.54) is 36.3 Å². The summed E-state index contributed by atoms with van der Waals surface area (Å²) in [6.07, 6.45) is 0.0989. The van der Waals surface area contributed by atoms with E-state index in [2.05, 4.69) is 5.32 Å². The van der Waals surface area contributed by atoms with Crippen molar-refractivity contribution in [2.24, 2.45) is 5.92 Å². The van der Waals surface area contributed by atoms with Gasteiger partial charge in [0.25, 0.3) is 0 Å². The fraction of sp³-hybridized carbons (Fsp3) is 0.263. The highest BCUT2D eigenvalue weighted by Crippen LogP contribution is 2.31. The van der Waals surface area contributed by atoms with E-state index >= 15 is 0 Å². The first kappa shape index (κ1) is 17.7. The summed E-state index contributed by atoms with van der Waals surface area (Å²) in [7, 11) is 3.04. The molecule has 2 amide bonds. The van der Waals surface area contributed by atoms with E-state index in [0.717, 1.165) is 0 Å². The van der Waals surface area contributed by atoms with Crippen molar-refractivity contribution in [3.05, 3.63) is 48.3 Å². The van der Waals surface area contributed by atoms with Crippen molar-refractivity contribution in [3.8, 4) is 11.5 Å². The molecule has 1 saturated heterocycles. The second kappa shape index (κ2) is 7.43. The van der Waals surface area contributed by atoms with Crippen LogP contribution in [0.5, 0.6) is 11.5 Å². The van der Waals surface area contributed by atoms with Gasteiger partial charge in [-0.15, -0.1) is 0 Å². The normalized spacial score (nSPS) is 16.5. The van der Waals surface area contributed by atoms with Crippen molar-refractivity contribution in [3.63, 3.8) is 0 Å². The van der Waals surface area contributed by atoms with Crippen LogP contribution >= 0.6 is 0 Å². The summed E-state index contributed by atoms with van der Waals surface area (Å²) in [4.78, 5) is 26.3. The molecule has 7 heteroatoms. The number of carbonyl (C=O) groups is 2. The van der Waals surface area contributed by atoms with Crippen molar-refractivity contribution < 1.29 is 23.5 Å². The van der Waals surface area contributed by atoms with E-state index in [0.29, 0.717) is 22.9 Å². The number of rotatable bonds is 5. The molecule has 0 radical (unpaired) electrons. The van der Waals surface area contributed by atoms with Crippen molar-refractivity contribution in [1.29, 1.82) is 0 Å². The maximum atomic E-state index is 13.1. The Morgan fingerprint density at radius 2 is 1.88 bits per heavy atom. The third-order valence-electron chi connectivity index (χ3n) is 4.30. The van der Waals surface area contributed by atoms with Crippen LogP contribution in [0.25, 0.3) is 0 Å². The van der Waals surface area contributed by atoms with E-state index in [1.807, 2.05) is 0 Å². The Balaban J connectivity index is 1.71. The first-order valence-corrected chi connectivity index (χ1v) is 8.10. The summed E-state index contributed by atoms with van der Waals surface area (Å²) in [5.74, 6) is -0.235. The molecule has 2 aromatic carbocycles. The molecular formula is C19H19FN2O4. The molecule has 0 spiro atoms. The molecule has 26 heavy (non-hydrogen) atoms. The van der Waals surface area contributed by atoms with E-state index in [9.17, 15) is 14.0 Å². The first-order valence-electron chi connectivity index (χ1n) is 8.10. The van der Waals surface area contributed by atoms with Crippen LogP contribution in [0.4, 0.5) is 15.8 Å². The molecule has 1 fully saturated rings. The van der Waals surface area contributed by atoms with E-state index in [4.69, 9.17) is 9.47 Å². The van der Waals surface area contributed by atoms with E-state index < -0.39 is 5.92 Å². The number of anilines is 2. The minimum atomic E-state index is -0.501. The number of benzene rings is 2. The molecule has 0 saturated carbocycles. The van der Waals surface area contributed by atoms with E-state index in [-0.39, 0.29) is 30.6 Å². The Kier molecular flexibility index (Phi) is 5.06. The van der Waals surface area contributed by atoms with Crippen LogP contribution in [0.2, 0.25) is 0 Å². The number of carbonyl (C=O) groups excluding carboxylic acids is 2. The average Bonchev–Trinajstić information content (AvgIpc) is 3.04. The van der Waals surface area contributed by atoms with Crippen molar-refractivity contribution in [1.82, 2.24) is 0 Å². The monoisotopic (exact) mass is 358 g/mol. The minimum absolute atomic E-state index is 0.0989. The predicted octanol–water partition coefficient (Wildman–Crippen LogP) is 2.83. The number of methoxy groups -OCH3 is 2. The van der Waals surface area contributed by atoms with Gasteiger partial charge in [0.05, 0.1) is 25.8 Å². The second-order valence-corrected chi connectivity index (χ2v) is 5.94. The van der Waals surface area contributed by atoms with Gasteiger partial charge in [-0.05, 0) is 36.4 Å². The van der Waals surface area contributed by atoms with Crippen LogP contribution in [0.15, 0.2) is 42.5 Å². The highest BCUT2D eigenvalue weighted by molar-refractivity contribution is 6.03. The summed E-state index contributed by atoms with van der Waals surface area (Å²) >= 11 is 0. The quantitative estimate of drug-likeness (QED) is 0.892. The third-order valence-corrected chi connectivity index (χ3v) is 4.30. The van der Waals surface area contributed by atoms with Gasteiger partial charge >= 0.3 is 0 Å². The lowest BCUT2D eigenvalue weighted by Gasteiger charge is -2.17. The van der Waals surface area contributed by atoms with Crippen LogP contribution in [0, 0.1) is 11.7 Å². The van der Waals surface area contributed by atoms with Crippen molar-refractivity contribution in [2.75, 3.05) is 31.0 Å². The number of hydrogen-bond acceptors (Lipinski definition) is 4. The molecule has 1 aliphatic heterocycles. The van der Waals surface area contributed by atoms with Gasteiger partial charge < -0.3 is 19.7 Å². The van der Waals surface area contributed by atoms with Crippen LogP contribution in [-0.2, 0) is 9.59 Å². The molecule has 0 aliphatic carbocycles. The molecule has 0 aromatic heterocycles. The summed E-state index contributed by atoms with van der Waals surface area (Å²) in [5, 5.41) is 2.80. The second-order valence-electron chi connectivity index (χ2n) is 5.94. The Labute approximate surface area is 150 Å². The fourth-order valence-corrected chi connectivity index (χ4v) is 2.89. The fourth-order valence-electron chi connectivity index (χ4n) is 2.89. The largest absolute Gasteiger partial charge is 0.497 e. The molecule has 3 rings (SSSR count). The lowest BCUT2D eigenvalue weighted by atomic mass is 10.1. The maximum Gasteiger partial charge on any atom is 0.229 e. The zero-order chi connectivity index (χ0) is 18.7. The molecule has 0 bridgehead atoms. The summed E-state index contributed by atoms with van der Waals surface area (Å²) < 4.78 is 23.5.